The minimum atomic E-state index is -0.550. The lowest BCUT2D eigenvalue weighted by Crippen LogP contribution is -2.32. The van der Waals surface area contributed by atoms with Crippen molar-refractivity contribution in [3.8, 4) is 0 Å². The second-order valence-corrected chi connectivity index (χ2v) is 6.15. The van der Waals surface area contributed by atoms with Gasteiger partial charge in [-0.1, -0.05) is 48.0 Å². The normalized spacial score (nSPS) is 11.9. The van der Waals surface area contributed by atoms with Crippen molar-refractivity contribution < 1.29 is 9.53 Å². The van der Waals surface area contributed by atoms with Gasteiger partial charge in [0.2, 0.25) is 0 Å². The van der Waals surface area contributed by atoms with E-state index in [2.05, 4.69) is 36.5 Å². The smallest absolute Gasteiger partial charge is 0.253 e. The van der Waals surface area contributed by atoms with E-state index >= 15 is 0 Å². The van der Waals surface area contributed by atoms with Gasteiger partial charge in [-0.2, -0.15) is 0 Å². The second-order valence-electron chi connectivity index (χ2n) is 4.98. The van der Waals surface area contributed by atoms with Gasteiger partial charge in [-0.3, -0.25) is 4.79 Å². The largest absolute Gasteiger partial charge is 0.367 e. The SMILES string of the molecule is CO[C@H](C(=O)NCCSc1ccc(C)cc1)c1ccccc1. The van der Waals surface area contributed by atoms with Crippen LogP contribution in [0.1, 0.15) is 17.2 Å². The van der Waals surface area contributed by atoms with Crippen LogP contribution < -0.4 is 5.32 Å². The Balaban J connectivity index is 1.78. The standard InChI is InChI=1S/C18H21NO2S/c1-14-8-10-16(11-9-14)22-13-12-19-18(20)17(21-2)15-6-4-3-5-7-15/h3-11,17H,12-13H2,1-2H3,(H,19,20)/t17-/m0/s1. The summed E-state index contributed by atoms with van der Waals surface area (Å²) in [5.41, 5.74) is 2.12. The molecule has 1 amide bonds. The lowest BCUT2D eigenvalue weighted by Gasteiger charge is -2.15. The number of rotatable bonds is 7. The van der Waals surface area contributed by atoms with Gasteiger partial charge in [0.25, 0.3) is 5.91 Å². The maximum Gasteiger partial charge on any atom is 0.253 e. The molecule has 1 atom stereocenters. The number of methoxy groups -OCH3 is 1. The molecule has 1 N–H and O–H groups in total. The third-order valence-corrected chi connectivity index (χ3v) is 4.28. The lowest BCUT2D eigenvalue weighted by molar-refractivity contribution is -0.131. The Hall–Kier alpha value is -1.78. The van der Waals surface area contributed by atoms with Crippen molar-refractivity contribution in [2.45, 2.75) is 17.9 Å². The van der Waals surface area contributed by atoms with E-state index in [0.717, 1.165) is 11.3 Å². The molecule has 2 aromatic carbocycles. The monoisotopic (exact) mass is 315 g/mol. The summed E-state index contributed by atoms with van der Waals surface area (Å²) in [6.07, 6.45) is -0.550. The van der Waals surface area contributed by atoms with Gasteiger partial charge >= 0.3 is 0 Å². The van der Waals surface area contributed by atoms with Crippen molar-refractivity contribution in [2.24, 2.45) is 0 Å². The van der Waals surface area contributed by atoms with Gasteiger partial charge in [0.05, 0.1) is 0 Å². The molecule has 0 saturated carbocycles. The van der Waals surface area contributed by atoms with Crippen LogP contribution in [-0.2, 0) is 9.53 Å². The highest BCUT2D eigenvalue weighted by Gasteiger charge is 2.18. The van der Waals surface area contributed by atoms with Crippen LogP contribution in [0.3, 0.4) is 0 Å². The molecular formula is C18H21NO2S. The number of benzene rings is 2. The van der Waals surface area contributed by atoms with Crippen molar-refractivity contribution in [1.29, 1.82) is 0 Å². The number of amides is 1. The summed E-state index contributed by atoms with van der Waals surface area (Å²) in [5, 5.41) is 2.93. The van der Waals surface area contributed by atoms with E-state index in [-0.39, 0.29) is 5.91 Å². The Labute approximate surface area is 136 Å². The Morgan fingerprint density at radius 1 is 1.14 bits per heavy atom. The fraction of sp³-hybridized carbons (Fsp3) is 0.278. The summed E-state index contributed by atoms with van der Waals surface area (Å²) in [6.45, 7) is 2.69. The van der Waals surface area contributed by atoms with Gasteiger partial charge in [0, 0.05) is 24.3 Å². The maximum atomic E-state index is 12.2. The molecule has 0 bridgehead atoms. The van der Waals surface area contributed by atoms with Crippen LogP contribution in [0, 0.1) is 6.92 Å². The van der Waals surface area contributed by atoms with Gasteiger partial charge < -0.3 is 10.1 Å². The number of thioether (sulfide) groups is 1. The molecule has 0 saturated heterocycles. The second kappa shape index (κ2) is 8.61. The molecule has 0 spiro atoms. The summed E-state index contributed by atoms with van der Waals surface area (Å²) in [7, 11) is 1.55. The average Bonchev–Trinajstić information content (AvgIpc) is 2.55. The van der Waals surface area contributed by atoms with E-state index in [0.29, 0.717) is 6.54 Å². The predicted molar refractivity (Wildman–Crippen MR) is 91.1 cm³/mol. The minimum Gasteiger partial charge on any atom is -0.367 e. The third-order valence-electron chi connectivity index (χ3n) is 3.27. The molecule has 0 radical (unpaired) electrons. The number of aryl methyl sites for hydroxylation is 1. The van der Waals surface area contributed by atoms with Crippen LogP contribution in [0.25, 0.3) is 0 Å². The maximum absolute atomic E-state index is 12.2. The van der Waals surface area contributed by atoms with Crippen LogP contribution in [0.4, 0.5) is 0 Å². The topological polar surface area (TPSA) is 38.3 Å². The van der Waals surface area contributed by atoms with Gasteiger partial charge in [-0.15, -0.1) is 11.8 Å². The van der Waals surface area contributed by atoms with E-state index in [1.54, 1.807) is 18.9 Å². The number of carbonyl (C=O) groups is 1. The molecule has 0 heterocycles. The molecule has 0 fully saturated rings. The van der Waals surface area contributed by atoms with E-state index in [9.17, 15) is 4.79 Å². The van der Waals surface area contributed by atoms with Crippen LogP contribution in [0.5, 0.6) is 0 Å². The lowest BCUT2D eigenvalue weighted by atomic mass is 10.1. The Bertz CT molecular complexity index is 584. The highest BCUT2D eigenvalue weighted by Crippen LogP contribution is 2.18. The number of nitrogens with one attached hydrogen (secondary N) is 1. The summed E-state index contributed by atoms with van der Waals surface area (Å²) < 4.78 is 5.31. The number of hydrogen-bond donors (Lipinski definition) is 1. The number of carbonyl (C=O) groups excluding carboxylic acids is 1. The molecule has 4 heteroatoms. The molecule has 0 aliphatic heterocycles. The zero-order valence-electron chi connectivity index (χ0n) is 12.9. The van der Waals surface area contributed by atoms with Crippen molar-refractivity contribution in [3.05, 3.63) is 65.7 Å². The molecule has 0 unspecified atom stereocenters. The fourth-order valence-corrected chi connectivity index (χ4v) is 2.86. The van der Waals surface area contributed by atoms with E-state index in [1.165, 1.54) is 10.5 Å². The Kier molecular flexibility index (Phi) is 6.49. The predicted octanol–water partition coefficient (Wildman–Crippen LogP) is 3.59. The zero-order valence-corrected chi connectivity index (χ0v) is 13.7. The van der Waals surface area contributed by atoms with E-state index < -0.39 is 6.10 Å². The van der Waals surface area contributed by atoms with Gasteiger partial charge in [-0.05, 0) is 24.6 Å². The van der Waals surface area contributed by atoms with Gasteiger partial charge in [0.15, 0.2) is 6.10 Å². The molecule has 0 aliphatic carbocycles. The number of ether oxygens (including phenoxy) is 1. The summed E-state index contributed by atoms with van der Waals surface area (Å²) in [4.78, 5) is 13.4. The van der Waals surface area contributed by atoms with Gasteiger partial charge in [0.1, 0.15) is 0 Å². The van der Waals surface area contributed by atoms with Gasteiger partial charge in [-0.25, -0.2) is 0 Å². The first kappa shape index (κ1) is 16.6. The van der Waals surface area contributed by atoms with Crippen molar-refractivity contribution in [2.75, 3.05) is 19.4 Å². The van der Waals surface area contributed by atoms with E-state index in [4.69, 9.17) is 4.74 Å². The summed E-state index contributed by atoms with van der Waals surface area (Å²) in [5.74, 6) is 0.734. The molecule has 22 heavy (non-hydrogen) atoms. The Morgan fingerprint density at radius 2 is 1.82 bits per heavy atom. The van der Waals surface area contributed by atoms with Crippen LogP contribution in [0.15, 0.2) is 59.5 Å². The molecule has 0 aliphatic rings. The molecule has 2 rings (SSSR count). The molecule has 116 valence electrons. The highest BCUT2D eigenvalue weighted by atomic mass is 32.2. The third kappa shape index (κ3) is 4.90. The Morgan fingerprint density at radius 3 is 2.45 bits per heavy atom. The van der Waals surface area contributed by atoms with Crippen molar-refractivity contribution in [1.82, 2.24) is 5.32 Å². The van der Waals surface area contributed by atoms with Crippen molar-refractivity contribution >= 4 is 17.7 Å². The van der Waals surface area contributed by atoms with Crippen LogP contribution >= 0.6 is 11.8 Å². The van der Waals surface area contributed by atoms with Crippen LogP contribution in [-0.4, -0.2) is 25.3 Å². The fourth-order valence-electron chi connectivity index (χ4n) is 2.09. The van der Waals surface area contributed by atoms with Crippen LogP contribution in [0.2, 0.25) is 0 Å². The first-order chi connectivity index (χ1) is 10.7. The number of hydrogen-bond acceptors (Lipinski definition) is 3. The first-order valence-corrected chi connectivity index (χ1v) is 8.24. The molecule has 0 aromatic heterocycles. The molecular weight excluding hydrogens is 294 g/mol. The summed E-state index contributed by atoms with van der Waals surface area (Å²) in [6, 6.07) is 17.9. The first-order valence-electron chi connectivity index (χ1n) is 7.25. The average molecular weight is 315 g/mol. The highest BCUT2D eigenvalue weighted by molar-refractivity contribution is 7.99. The minimum absolute atomic E-state index is 0.0989. The molecule has 2 aromatic rings. The van der Waals surface area contributed by atoms with Crippen molar-refractivity contribution in [3.63, 3.8) is 0 Å². The quantitative estimate of drug-likeness (QED) is 0.627. The van der Waals surface area contributed by atoms with E-state index in [1.807, 2.05) is 30.3 Å². The summed E-state index contributed by atoms with van der Waals surface area (Å²) >= 11 is 1.73. The molecule has 3 nitrogen and oxygen atoms in total. The zero-order chi connectivity index (χ0) is 15.8.